The number of pyridine rings is 1. The molecule has 2 aliphatic heterocycles. The van der Waals surface area contributed by atoms with Gasteiger partial charge < -0.3 is 10.2 Å². The molecule has 3 fully saturated rings. The fourth-order valence-corrected chi connectivity index (χ4v) is 5.88. The van der Waals surface area contributed by atoms with Crippen LogP contribution in [0.15, 0.2) is 12.1 Å². The lowest BCUT2D eigenvalue weighted by Gasteiger charge is -2.40. The van der Waals surface area contributed by atoms with E-state index < -0.39 is 0 Å². The quantitative estimate of drug-likeness (QED) is 0.791. The Hall–Kier alpha value is -2.48. The highest BCUT2D eigenvalue weighted by Crippen LogP contribution is 2.30. The second kappa shape index (κ2) is 8.81. The van der Waals surface area contributed by atoms with Gasteiger partial charge in [0.15, 0.2) is 5.65 Å². The Kier molecular flexibility index (Phi) is 5.88. The maximum absolute atomic E-state index is 13.1. The Morgan fingerprint density at radius 2 is 1.88 bits per heavy atom. The third-order valence-electron chi connectivity index (χ3n) is 7.69. The number of piperidine rings is 1. The molecule has 32 heavy (non-hydrogen) atoms. The van der Waals surface area contributed by atoms with E-state index in [2.05, 4.69) is 27.4 Å². The minimum Gasteiger partial charge on any atom is -0.353 e. The molecule has 2 aromatic heterocycles. The van der Waals surface area contributed by atoms with Crippen LogP contribution in [0.2, 0.25) is 0 Å². The second-order valence-corrected chi connectivity index (χ2v) is 9.66. The van der Waals surface area contributed by atoms with E-state index in [9.17, 15) is 9.59 Å². The van der Waals surface area contributed by atoms with Crippen molar-refractivity contribution in [2.75, 3.05) is 26.2 Å². The number of hydrogen-bond acceptors (Lipinski definition) is 5. The van der Waals surface area contributed by atoms with E-state index in [1.165, 1.54) is 12.8 Å². The summed E-state index contributed by atoms with van der Waals surface area (Å²) >= 11 is 0. The van der Waals surface area contributed by atoms with Gasteiger partial charge in [-0.2, -0.15) is 5.10 Å². The highest BCUT2D eigenvalue weighted by atomic mass is 16.2. The lowest BCUT2D eigenvalue weighted by Crippen LogP contribution is -2.59. The molecule has 1 atom stereocenters. The van der Waals surface area contributed by atoms with Crippen LogP contribution >= 0.6 is 0 Å². The number of rotatable bonds is 4. The van der Waals surface area contributed by atoms with Gasteiger partial charge in [-0.25, -0.2) is 4.98 Å². The molecule has 0 spiro atoms. The van der Waals surface area contributed by atoms with Crippen LogP contribution in [0.5, 0.6) is 0 Å². The van der Waals surface area contributed by atoms with E-state index in [0.717, 1.165) is 67.7 Å². The van der Waals surface area contributed by atoms with Crippen molar-refractivity contribution in [1.29, 1.82) is 0 Å². The van der Waals surface area contributed by atoms with Crippen molar-refractivity contribution in [1.82, 2.24) is 29.9 Å². The largest absolute Gasteiger partial charge is 0.353 e. The van der Waals surface area contributed by atoms with Gasteiger partial charge in [-0.3, -0.25) is 19.2 Å². The van der Waals surface area contributed by atoms with Crippen molar-refractivity contribution in [2.45, 2.75) is 69.9 Å². The minimum absolute atomic E-state index is 0.0235. The Morgan fingerprint density at radius 1 is 1.12 bits per heavy atom. The molecule has 2 amide bonds. The molecular weight excluding hydrogens is 404 g/mol. The Morgan fingerprint density at radius 3 is 2.62 bits per heavy atom. The summed E-state index contributed by atoms with van der Waals surface area (Å²) in [6, 6.07) is 4.39. The van der Waals surface area contributed by atoms with Crippen molar-refractivity contribution in [3.63, 3.8) is 0 Å². The first-order valence-electron chi connectivity index (χ1n) is 12.1. The lowest BCUT2D eigenvalue weighted by atomic mass is 9.92. The summed E-state index contributed by atoms with van der Waals surface area (Å²) < 4.78 is 1.85. The molecule has 0 aromatic carbocycles. The van der Waals surface area contributed by atoms with Crippen LogP contribution in [0.25, 0.3) is 11.0 Å². The van der Waals surface area contributed by atoms with Crippen molar-refractivity contribution < 1.29 is 9.59 Å². The molecule has 0 radical (unpaired) electrons. The van der Waals surface area contributed by atoms with Gasteiger partial charge in [-0.15, -0.1) is 0 Å². The zero-order valence-electron chi connectivity index (χ0n) is 19.2. The van der Waals surface area contributed by atoms with E-state index in [0.29, 0.717) is 24.9 Å². The third kappa shape index (κ3) is 4.00. The highest BCUT2D eigenvalue weighted by Gasteiger charge is 2.38. The first kappa shape index (κ1) is 21.4. The molecule has 8 nitrogen and oxygen atoms in total. The first-order chi connectivity index (χ1) is 15.5. The maximum atomic E-state index is 13.1. The van der Waals surface area contributed by atoms with Gasteiger partial charge in [0, 0.05) is 56.3 Å². The Bertz CT molecular complexity index is 1000. The minimum atomic E-state index is -0.311. The monoisotopic (exact) mass is 438 g/mol. The highest BCUT2D eigenvalue weighted by molar-refractivity contribution is 5.89. The number of nitrogens with zero attached hydrogens (tertiary/aromatic N) is 5. The van der Waals surface area contributed by atoms with Gasteiger partial charge >= 0.3 is 0 Å². The summed E-state index contributed by atoms with van der Waals surface area (Å²) in [7, 11) is 1.93. The van der Waals surface area contributed by atoms with Crippen LogP contribution in [0.3, 0.4) is 0 Å². The van der Waals surface area contributed by atoms with E-state index in [-0.39, 0.29) is 17.9 Å². The van der Waals surface area contributed by atoms with E-state index in [4.69, 9.17) is 4.98 Å². The number of fused-ring (bicyclic) bond motifs is 1. The molecule has 5 rings (SSSR count). The Balaban J connectivity index is 1.21. The summed E-state index contributed by atoms with van der Waals surface area (Å²) in [5.41, 5.74) is 3.01. The first-order valence-corrected chi connectivity index (χ1v) is 12.1. The molecule has 0 bridgehead atoms. The van der Waals surface area contributed by atoms with Gasteiger partial charge in [0.05, 0.1) is 18.2 Å². The lowest BCUT2D eigenvalue weighted by molar-refractivity contribution is -0.140. The van der Waals surface area contributed by atoms with Crippen LogP contribution in [0, 0.1) is 6.92 Å². The molecule has 3 aliphatic rings. The van der Waals surface area contributed by atoms with Gasteiger partial charge in [0.25, 0.3) is 0 Å². The number of carbonyl (C=O) groups excluding carboxylic acids is 2. The third-order valence-corrected chi connectivity index (χ3v) is 7.69. The molecule has 2 saturated heterocycles. The van der Waals surface area contributed by atoms with Crippen LogP contribution in [-0.4, -0.2) is 74.6 Å². The molecule has 1 N–H and O–H groups in total. The standard InChI is InChI=1S/C24H34N6O2/c1-16-19-7-8-20(26-23(19)28(2)27-16)17-9-12-29(13-10-17)22(31)15-21-24(32)25-11-14-30(21)18-5-3-4-6-18/h7-8,17-18,21H,3-6,9-15H2,1-2H3,(H,25,32). The molecule has 172 valence electrons. The van der Waals surface area contributed by atoms with Crippen molar-refractivity contribution in [3.05, 3.63) is 23.5 Å². The molecule has 1 aliphatic carbocycles. The molecular formula is C24H34N6O2. The predicted octanol–water partition coefficient (Wildman–Crippen LogP) is 2.12. The summed E-state index contributed by atoms with van der Waals surface area (Å²) in [5, 5.41) is 8.55. The van der Waals surface area contributed by atoms with Gasteiger partial charge in [0.2, 0.25) is 11.8 Å². The predicted molar refractivity (Wildman–Crippen MR) is 122 cm³/mol. The summed E-state index contributed by atoms with van der Waals surface area (Å²) in [6.45, 7) is 5.02. The zero-order valence-corrected chi connectivity index (χ0v) is 19.2. The van der Waals surface area contributed by atoms with Gasteiger partial charge in [-0.05, 0) is 44.7 Å². The number of carbonyl (C=O) groups is 2. The summed E-state index contributed by atoms with van der Waals surface area (Å²) in [6.07, 6.45) is 6.87. The average Bonchev–Trinajstić information content (AvgIpc) is 3.43. The number of aryl methyl sites for hydroxylation is 2. The Labute approximate surface area is 189 Å². The van der Waals surface area contributed by atoms with Crippen LogP contribution in [0.1, 0.15) is 62.3 Å². The van der Waals surface area contributed by atoms with E-state index in [1.54, 1.807) is 0 Å². The van der Waals surface area contributed by atoms with E-state index in [1.807, 2.05) is 23.6 Å². The molecule has 1 saturated carbocycles. The van der Waals surface area contributed by atoms with Crippen molar-refractivity contribution >= 4 is 22.8 Å². The SMILES string of the molecule is Cc1nn(C)c2nc(C3CCN(C(=O)CC4C(=O)NCCN4C4CCCC4)CC3)ccc12. The van der Waals surface area contributed by atoms with Crippen LogP contribution in [-0.2, 0) is 16.6 Å². The summed E-state index contributed by atoms with van der Waals surface area (Å²) in [4.78, 5) is 34.9. The summed E-state index contributed by atoms with van der Waals surface area (Å²) in [5.74, 6) is 0.487. The van der Waals surface area contributed by atoms with Crippen LogP contribution < -0.4 is 5.32 Å². The number of nitrogens with one attached hydrogen (secondary N) is 1. The second-order valence-electron chi connectivity index (χ2n) is 9.66. The number of aromatic nitrogens is 3. The number of amides is 2. The fraction of sp³-hybridized carbons (Fsp3) is 0.667. The average molecular weight is 439 g/mol. The number of piperazine rings is 1. The number of likely N-dealkylation sites (tertiary alicyclic amines) is 1. The van der Waals surface area contributed by atoms with Gasteiger partial charge in [-0.1, -0.05) is 12.8 Å². The van der Waals surface area contributed by atoms with Crippen LogP contribution in [0.4, 0.5) is 0 Å². The molecule has 4 heterocycles. The maximum Gasteiger partial charge on any atom is 0.237 e. The topological polar surface area (TPSA) is 83.4 Å². The fourth-order valence-electron chi connectivity index (χ4n) is 5.88. The van der Waals surface area contributed by atoms with Crippen molar-refractivity contribution in [2.24, 2.45) is 7.05 Å². The smallest absolute Gasteiger partial charge is 0.237 e. The van der Waals surface area contributed by atoms with E-state index >= 15 is 0 Å². The molecule has 8 heteroatoms. The van der Waals surface area contributed by atoms with Crippen molar-refractivity contribution in [3.8, 4) is 0 Å². The van der Waals surface area contributed by atoms with Gasteiger partial charge in [0.1, 0.15) is 0 Å². The normalized spacial score (nSPS) is 23.8. The zero-order chi connectivity index (χ0) is 22.2. The molecule has 2 aromatic rings. The molecule has 1 unspecified atom stereocenters. The number of hydrogen-bond donors (Lipinski definition) is 1.